The number of anilines is 1. The number of hydrogen-bond donors (Lipinski definition) is 0. The summed E-state index contributed by atoms with van der Waals surface area (Å²) in [5.74, 6) is 0.0693. The van der Waals surface area contributed by atoms with Gasteiger partial charge in [-0.15, -0.1) is 5.10 Å². The lowest BCUT2D eigenvalue weighted by molar-refractivity contribution is 0.230. The number of halogens is 1. The number of piperazine rings is 1. The molecule has 2 aliphatic heterocycles. The Labute approximate surface area is 142 Å². The molecule has 5 rings (SSSR count). The molecule has 0 N–H and O–H groups in total. The first kappa shape index (κ1) is 14.5. The number of hydrogen-bond acceptors (Lipinski definition) is 7. The molecule has 9 heteroatoms. The second-order valence-corrected chi connectivity index (χ2v) is 6.57. The van der Waals surface area contributed by atoms with Gasteiger partial charge in [0.25, 0.3) is 0 Å². The average Bonchev–Trinajstić information content (AvgIpc) is 3.29. The summed E-state index contributed by atoms with van der Waals surface area (Å²) >= 11 is 0. The van der Waals surface area contributed by atoms with Crippen molar-refractivity contribution in [2.45, 2.75) is 18.9 Å². The van der Waals surface area contributed by atoms with Crippen LogP contribution in [0.5, 0.6) is 0 Å². The number of aromatic nitrogens is 5. The molecular formula is C16H15FN8. The minimum absolute atomic E-state index is 0.183. The summed E-state index contributed by atoms with van der Waals surface area (Å²) in [6.45, 7) is 3.78. The molecule has 8 nitrogen and oxygen atoms in total. The number of tetrazole rings is 1. The molecule has 3 aromatic rings. The maximum atomic E-state index is 14.5. The molecule has 1 aromatic carbocycles. The molecule has 2 aromatic heterocycles. The van der Waals surface area contributed by atoms with Gasteiger partial charge in [-0.3, -0.25) is 4.90 Å². The zero-order valence-corrected chi connectivity index (χ0v) is 13.4. The molecule has 0 aliphatic carbocycles. The third-order valence-electron chi connectivity index (χ3n) is 5.17. The largest absolute Gasteiger partial charge is 0.351 e. The monoisotopic (exact) mass is 338 g/mol. The number of fused-ring (bicyclic) bond motifs is 4. The Kier molecular flexibility index (Phi) is 3.08. The van der Waals surface area contributed by atoms with Gasteiger partial charge in [-0.25, -0.2) is 9.37 Å². The summed E-state index contributed by atoms with van der Waals surface area (Å²) in [4.78, 5) is 9.19. The molecule has 25 heavy (non-hydrogen) atoms. The van der Waals surface area contributed by atoms with Crippen LogP contribution in [0.2, 0.25) is 0 Å². The Balaban J connectivity index is 1.69. The molecular weight excluding hydrogens is 323 g/mol. The van der Waals surface area contributed by atoms with Crippen molar-refractivity contribution in [1.29, 1.82) is 5.26 Å². The minimum Gasteiger partial charge on any atom is -0.351 e. The van der Waals surface area contributed by atoms with Crippen LogP contribution in [0.3, 0.4) is 0 Å². The van der Waals surface area contributed by atoms with E-state index >= 15 is 0 Å². The van der Waals surface area contributed by atoms with E-state index in [2.05, 4.69) is 30.3 Å². The van der Waals surface area contributed by atoms with Crippen LogP contribution < -0.4 is 4.90 Å². The van der Waals surface area contributed by atoms with Gasteiger partial charge in [0.05, 0.1) is 17.1 Å². The van der Waals surface area contributed by atoms with Crippen molar-refractivity contribution in [3.8, 4) is 6.07 Å². The minimum atomic E-state index is -0.535. The summed E-state index contributed by atoms with van der Waals surface area (Å²) in [6, 6.07) is 5.22. The predicted octanol–water partition coefficient (Wildman–Crippen LogP) is 0.968. The van der Waals surface area contributed by atoms with Crippen molar-refractivity contribution >= 4 is 22.5 Å². The molecule has 0 spiro atoms. The summed E-state index contributed by atoms with van der Waals surface area (Å²) in [5.41, 5.74) is 1.30. The molecule has 2 fully saturated rings. The molecule has 2 saturated heterocycles. The van der Waals surface area contributed by atoms with E-state index in [1.165, 1.54) is 23.4 Å². The molecule has 1 atom stereocenters. The summed E-state index contributed by atoms with van der Waals surface area (Å²) in [7, 11) is 0. The highest BCUT2D eigenvalue weighted by atomic mass is 19.1. The lowest BCUT2D eigenvalue weighted by atomic mass is 10.1. The fraction of sp³-hybridized carbons (Fsp3) is 0.438. The van der Waals surface area contributed by atoms with E-state index in [4.69, 9.17) is 5.26 Å². The molecule has 0 amide bonds. The van der Waals surface area contributed by atoms with Crippen LogP contribution in [-0.2, 0) is 0 Å². The van der Waals surface area contributed by atoms with Crippen LogP contribution in [0.1, 0.15) is 18.4 Å². The highest BCUT2D eigenvalue weighted by Gasteiger charge is 2.32. The van der Waals surface area contributed by atoms with Crippen LogP contribution in [0.4, 0.5) is 10.2 Å². The SMILES string of the molecule is N#Cc1cc(F)c2nc(N3CCN4CCCC4C3)c3nnnn3c2c1. The number of nitrogens with zero attached hydrogens (tertiary/aromatic N) is 8. The van der Waals surface area contributed by atoms with Gasteiger partial charge in [0.2, 0.25) is 5.65 Å². The molecule has 2 aliphatic rings. The van der Waals surface area contributed by atoms with Gasteiger partial charge in [-0.2, -0.15) is 9.78 Å². The Hall–Kier alpha value is -2.86. The fourth-order valence-electron chi connectivity index (χ4n) is 3.96. The van der Waals surface area contributed by atoms with Crippen LogP contribution in [0, 0.1) is 17.1 Å². The lowest BCUT2D eigenvalue weighted by Crippen LogP contribution is -2.50. The van der Waals surface area contributed by atoms with Gasteiger partial charge >= 0.3 is 0 Å². The Morgan fingerprint density at radius 1 is 1.24 bits per heavy atom. The normalized spacial score (nSPS) is 21.0. The lowest BCUT2D eigenvalue weighted by Gasteiger charge is -2.38. The number of nitriles is 1. The average molecular weight is 338 g/mol. The van der Waals surface area contributed by atoms with Crippen molar-refractivity contribution in [2.24, 2.45) is 0 Å². The first-order valence-corrected chi connectivity index (χ1v) is 8.35. The van der Waals surface area contributed by atoms with Crippen molar-refractivity contribution < 1.29 is 4.39 Å². The Bertz CT molecular complexity index is 1020. The second kappa shape index (κ2) is 5.32. The van der Waals surface area contributed by atoms with Gasteiger partial charge in [-0.1, -0.05) is 0 Å². The topological polar surface area (TPSA) is 86.2 Å². The summed E-state index contributed by atoms with van der Waals surface area (Å²) < 4.78 is 16.0. The standard InChI is InChI=1S/C16H15FN8/c17-12-6-10(8-18)7-13-14(12)19-15(16-20-21-22-25(13)16)24-5-4-23-3-1-2-11(23)9-24/h6-7,11H,1-5,9H2. The quantitative estimate of drug-likeness (QED) is 0.653. The predicted molar refractivity (Wildman–Crippen MR) is 87.6 cm³/mol. The molecule has 0 saturated carbocycles. The third-order valence-corrected chi connectivity index (χ3v) is 5.17. The van der Waals surface area contributed by atoms with Crippen molar-refractivity contribution in [3.63, 3.8) is 0 Å². The van der Waals surface area contributed by atoms with E-state index < -0.39 is 5.82 Å². The zero-order valence-electron chi connectivity index (χ0n) is 13.4. The maximum Gasteiger partial charge on any atom is 0.222 e. The van der Waals surface area contributed by atoms with E-state index in [-0.39, 0.29) is 11.1 Å². The van der Waals surface area contributed by atoms with Crippen LogP contribution >= 0.6 is 0 Å². The Morgan fingerprint density at radius 2 is 2.16 bits per heavy atom. The van der Waals surface area contributed by atoms with Gasteiger partial charge in [0.1, 0.15) is 5.52 Å². The van der Waals surface area contributed by atoms with Gasteiger partial charge < -0.3 is 4.90 Å². The van der Waals surface area contributed by atoms with E-state index in [0.717, 1.165) is 26.2 Å². The molecule has 126 valence electrons. The summed E-state index contributed by atoms with van der Waals surface area (Å²) in [5, 5.41) is 20.9. The van der Waals surface area contributed by atoms with Gasteiger partial charge in [-0.05, 0) is 41.9 Å². The van der Waals surface area contributed by atoms with Crippen molar-refractivity contribution in [1.82, 2.24) is 29.9 Å². The highest BCUT2D eigenvalue weighted by molar-refractivity contribution is 5.84. The summed E-state index contributed by atoms with van der Waals surface area (Å²) in [6.07, 6.45) is 2.39. The van der Waals surface area contributed by atoms with E-state index in [0.29, 0.717) is 23.0 Å². The van der Waals surface area contributed by atoms with Crippen molar-refractivity contribution in [3.05, 3.63) is 23.5 Å². The smallest absolute Gasteiger partial charge is 0.222 e. The van der Waals surface area contributed by atoms with Gasteiger partial charge in [0.15, 0.2) is 11.6 Å². The first-order valence-electron chi connectivity index (χ1n) is 8.35. The maximum absolute atomic E-state index is 14.5. The van der Waals surface area contributed by atoms with Crippen LogP contribution in [0.25, 0.3) is 16.7 Å². The number of rotatable bonds is 1. The van der Waals surface area contributed by atoms with Crippen molar-refractivity contribution in [2.75, 3.05) is 31.1 Å². The number of benzene rings is 1. The molecule has 0 radical (unpaired) electrons. The van der Waals surface area contributed by atoms with E-state index in [1.54, 1.807) is 6.07 Å². The molecule has 1 unspecified atom stereocenters. The highest BCUT2D eigenvalue weighted by Crippen LogP contribution is 2.29. The second-order valence-electron chi connectivity index (χ2n) is 6.57. The van der Waals surface area contributed by atoms with Crippen LogP contribution in [0.15, 0.2) is 12.1 Å². The first-order chi connectivity index (χ1) is 12.2. The Morgan fingerprint density at radius 3 is 3.04 bits per heavy atom. The van der Waals surface area contributed by atoms with Gasteiger partial charge in [0, 0.05) is 25.7 Å². The molecule has 4 heterocycles. The van der Waals surface area contributed by atoms with E-state index in [1.807, 2.05) is 6.07 Å². The fourth-order valence-corrected chi connectivity index (χ4v) is 3.96. The zero-order chi connectivity index (χ0) is 17.0. The van der Waals surface area contributed by atoms with Crippen LogP contribution in [-0.4, -0.2) is 62.1 Å². The third kappa shape index (κ3) is 2.14. The molecule has 0 bridgehead atoms. The van der Waals surface area contributed by atoms with E-state index in [9.17, 15) is 4.39 Å².